The molecule has 0 saturated heterocycles. The van der Waals surface area contributed by atoms with Crippen molar-refractivity contribution in [3.05, 3.63) is 23.9 Å². The maximum absolute atomic E-state index is 8.73. The van der Waals surface area contributed by atoms with Crippen LogP contribution in [0.1, 0.15) is 19.5 Å². The van der Waals surface area contributed by atoms with Crippen LogP contribution in [0, 0.1) is 11.3 Å². The number of hydrogen-bond acceptors (Lipinski definition) is 4. The molecule has 0 unspecified atom stereocenters. The Hall–Kier alpha value is -1.60. The molecule has 1 aromatic heterocycles. The van der Waals surface area contributed by atoms with Crippen LogP contribution in [-0.4, -0.2) is 29.6 Å². The second-order valence-electron chi connectivity index (χ2n) is 3.83. The zero-order chi connectivity index (χ0) is 12.0. The molecular weight excluding hydrogens is 202 g/mol. The highest BCUT2D eigenvalue weighted by Crippen LogP contribution is 2.10. The molecule has 0 aliphatic carbocycles. The fraction of sp³-hybridized carbons (Fsp3) is 0.500. The Balaban J connectivity index is 2.73. The van der Waals surface area contributed by atoms with Gasteiger partial charge in [0.05, 0.1) is 25.4 Å². The van der Waals surface area contributed by atoms with Gasteiger partial charge in [0.2, 0.25) is 5.88 Å². The second-order valence-corrected chi connectivity index (χ2v) is 3.83. The summed E-state index contributed by atoms with van der Waals surface area (Å²) in [5.74, 6) is 0.609. The molecule has 0 amide bonds. The molecule has 0 spiro atoms. The number of methoxy groups -OCH3 is 1. The number of pyridine rings is 1. The summed E-state index contributed by atoms with van der Waals surface area (Å²) in [6, 6.07) is 8.15. The van der Waals surface area contributed by atoms with E-state index in [2.05, 4.69) is 29.8 Å². The van der Waals surface area contributed by atoms with Gasteiger partial charge in [-0.2, -0.15) is 5.26 Å². The Morgan fingerprint density at radius 1 is 1.50 bits per heavy atom. The van der Waals surface area contributed by atoms with E-state index < -0.39 is 0 Å². The van der Waals surface area contributed by atoms with E-state index in [-0.39, 0.29) is 0 Å². The third-order valence-electron chi connectivity index (χ3n) is 2.36. The minimum Gasteiger partial charge on any atom is -0.481 e. The molecular formula is C12H17N3O. The summed E-state index contributed by atoms with van der Waals surface area (Å²) in [7, 11) is 1.60. The third kappa shape index (κ3) is 3.52. The van der Waals surface area contributed by atoms with Crippen molar-refractivity contribution in [2.24, 2.45) is 0 Å². The van der Waals surface area contributed by atoms with Crippen LogP contribution in [0.3, 0.4) is 0 Å². The lowest BCUT2D eigenvalue weighted by Crippen LogP contribution is -2.31. The maximum atomic E-state index is 8.73. The molecule has 0 N–H and O–H groups in total. The summed E-state index contributed by atoms with van der Waals surface area (Å²) in [5, 5.41) is 8.73. The SMILES string of the molecule is COc1cccc(CN(CC#N)C(C)C)n1. The van der Waals surface area contributed by atoms with Gasteiger partial charge in [-0.25, -0.2) is 4.98 Å². The molecule has 4 nitrogen and oxygen atoms in total. The minimum atomic E-state index is 0.327. The van der Waals surface area contributed by atoms with E-state index in [9.17, 15) is 0 Å². The Bertz CT molecular complexity index is 371. The van der Waals surface area contributed by atoms with Crippen LogP contribution in [0.2, 0.25) is 0 Å². The molecule has 0 aromatic carbocycles. The molecule has 1 heterocycles. The van der Waals surface area contributed by atoms with Crippen molar-refractivity contribution in [3.8, 4) is 11.9 Å². The number of rotatable bonds is 5. The molecule has 0 radical (unpaired) electrons. The Morgan fingerprint density at radius 2 is 2.25 bits per heavy atom. The molecule has 16 heavy (non-hydrogen) atoms. The van der Waals surface area contributed by atoms with Gasteiger partial charge in [-0.05, 0) is 19.9 Å². The molecule has 0 saturated carbocycles. The first-order valence-corrected chi connectivity index (χ1v) is 5.28. The van der Waals surface area contributed by atoms with Crippen LogP contribution in [0.4, 0.5) is 0 Å². The number of hydrogen-bond donors (Lipinski definition) is 0. The molecule has 0 bridgehead atoms. The first-order chi connectivity index (χ1) is 7.67. The van der Waals surface area contributed by atoms with Gasteiger partial charge in [0.1, 0.15) is 0 Å². The Morgan fingerprint density at radius 3 is 2.81 bits per heavy atom. The topological polar surface area (TPSA) is 49.1 Å². The van der Waals surface area contributed by atoms with Gasteiger partial charge in [-0.3, -0.25) is 4.90 Å². The highest BCUT2D eigenvalue weighted by atomic mass is 16.5. The van der Waals surface area contributed by atoms with Gasteiger partial charge >= 0.3 is 0 Å². The van der Waals surface area contributed by atoms with Crippen molar-refractivity contribution in [2.45, 2.75) is 26.4 Å². The summed E-state index contributed by atoms with van der Waals surface area (Å²) < 4.78 is 5.06. The van der Waals surface area contributed by atoms with Crippen LogP contribution >= 0.6 is 0 Å². The number of nitriles is 1. The van der Waals surface area contributed by atoms with Crippen molar-refractivity contribution >= 4 is 0 Å². The lowest BCUT2D eigenvalue weighted by molar-refractivity contribution is 0.236. The average molecular weight is 219 g/mol. The van der Waals surface area contributed by atoms with E-state index in [0.717, 1.165) is 5.69 Å². The van der Waals surface area contributed by atoms with E-state index in [1.807, 2.05) is 18.2 Å². The van der Waals surface area contributed by atoms with Crippen molar-refractivity contribution < 1.29 is 4.74 Å². The molecule has 4 heteroatoms. The van der Waals surface area contributed by atoms with Gasteiger partial charge in [0.25, 0.3) is 0 Å². The molecule has 0 fully saturated rings. The van der Waals surface area contributed by atoms with Crippen molar-refractivity contribution in [1.29, 1.82) is 5.26 Å². The highest BCUT2D eigenvalue weighted by molar-refractivity contribution is 5.15. The molecule has 0 aliphatic heterocycles. The van der Waals surface area contributed by atoms with Gasteiger partial charge in [-0.1, -0.05) is 6.07 Å². The number of nitrogens with zero attached hydrogens (tertiary/aromatic N) is 3. The van der Waals surface area contributed by atoms with Crippen LogP contribution in [-0.2, 0) is 6.54 Å². The first kappa shape index (κ1) is 12.5. The molecule has 1 aromatic rings. The van der Waals surface area contributed by atoms with Gasteiger partial charge < -0.3 is 4.74 Å². The number of aromatic nitrogens is 1. The fourth-order valence-electron chi connectivity index (χ4n) is 1.38. The standard InChI is InChI=1S/C12H17N3O/c1-10(2)15(8-7-13)9-11-5-4-6-12(14-11)16-3/h4-6,10H,8-9H2,1-3H3. The lowest BCUT2D eigenvalue weighted by Gasteiger charge is -2.22. The van der Waals surface area contributed by atoms with E-state index >= 15 is 0 Å². The zero-order valence-corrected chi connectivity index (χ0v) is 9.97. The van der Waals surface area contributed by atoms with Crippen molar-refractivity contribution in [2.75, 3.05) is 13.7 Å². The average Bonchev–Trinajstić information content (AvgIpc) is 2.28. The predicted molar refractivity (Wildman–Crippen MR) is 61.9 cm³/mol. The maximum Gasteiger partial charge on any atom is 0.213 e. The summed E-state index contributed by atoms with van der Waals surface area (Å²) in [6.07, 6.45) is 0. The normalized spacial score (nSPS) is 10.5. The van der Waals surface area contributed by atoms with Crippen molar-refractivity contribution in [1.82, 2.24) is 9.88 Å². The van der Waals surface area contributed by atoms with E-state index in [1.165, 1.54) is 0 Å². The predicted octanol–water partition coefficient (Wildman–Crippen LogP) is 1.82. The number of ether oxygens (including phenoxy) is 1. The molecule has 1 rings (SSSR count). The molecule has 0 atom stereocenters. The third-order valence-corrected chi connectivity index (χ3v) is 2.36. The van der Waals surface area contributed by atoms with E-state index in [4.69, 9.17) is 10.00 Å². The summed E-state index contributed by atoms with van der Waals surface area (Å²) in [4.78, 5) is 6.38. The Kier molecular flexibility index (Phi) is 4.74. The molecule has 0 aliphatic rings. The van der Waals surface area contributed by atoms with E-state index in [1.54, 1.807) is 7.11 Å². The van der Waals surface area contributed by atoms with Gasteiger partial charge in [0.15, 0.2) is 0 Å². The lowest BCUT2D eigenvalue weighted by atomic mass is 10.2. The van der Waals surface area contributed by atoms with Crippen molar-refractivity contribution in [3.63, 3.8) is 0 Å². The quantitative estimate of drug-likeness (QED) is 0.709. The molecule has 86 valence electrons. The van der Waals surface area contributed by atoms with Crippen LogP contribution in [0.5, 0.6) is 5.88 Å². The first-order valence-electron chi connectivity index (χ1n) is 5.28. The Labute approximate surface area is 96.5 Å². The summed E-state index contributed by atoms with van der Waals surface area (Å²) in [6.45, 7) is 5.22. The fourth-order valence-corrected chi connectivity index (χ4v) is 1.38. The zero-order valence-electron chi connectivity index (χ0n) is 9.97. The monoisotopic (exact) mass is 219 g/mol. The second kappa shape index (κ2) is 6.09. The summed E-state index contributed by atoms with van der Waals surface area (Å²) >= 11 is 0. The van der Waals surface area contributed by atoms with Crippen LogP contribution in [0.15, 0.2) is 18.2 Å². The largest absolute Gasteiger partial charge is 0.481 e. The van der Waals surface area contributed by atoms with Gasteiger partial charge in [-0.15, -0.1) is 0 Å². The van der Waals surface area contributed by atoms with Gasteiger partial charge in [0, 0.05) is 18.7 Å². The van der Waals surface area contributed by atoms with Crippen LogP contribution in [0.25, 0.3) is 0 Å². The smallest absolute Gasteiger partial charge is 0.213 e. The highest BCUT2D eigenvalue weighted by Gasteiger charge is 2.10. The van der Waals surface area contributed by atoms with E-state index in [0.29, 0.717) is 25.0 Å². The minimum absolute atomic E-state index is 0.327. The van der Waals surface area contributed by atoms with Crippen LogP contribution < -0.4 is 4.74 Å². The summed E-state index contributed by atoms with van der Waals surface area (Å²) in [5.41, 5.74) is 0.920.